The largest absolute Gasteiger partial charge is 0.351 e. The normalized spacial score (nSPS) is 38.5. The van der Waals surface area contributed by atoms with Gasteiger partial charge in [-0.25, -0.2) is 0 Å². The molecule has 1 saturated heterocycles. The van der Waals surface area contributed by atoms with Gasteiger partial charge < -0.3 is 9.47 Å². The van der Waals surface area contributed by atoms with Crippen LogP contribution in [0.4, 0.5) is 0 Å². The maximum Gasteiger partial charge on any atom is 0.170 e. The van der Waals surface area contributed by atoms with Crippen molar-refractivity contribution >= 4 is 15.9 Å². The van der Waals surface area contributed by atoms with Crippen LogP contribution in [0.5, 0.6) is 0 Å². The Labute approximate surface area is 93.8 Å². The Kier molecular flexibility index (Phi) is 4.02. The van der Waals surface area contributed by atoms with Crippen LogP contribution >= 0.6 is 15.9 Å². The first-order valence-electron chi connectivity index (χ1n) is 5.44. The molecule has 0 radical (unpaired) electrons. The van der Waals surface area contributed by atoms with Gasteiger partial charge in [-0.15, -0.1) is 0 Å². The molecular formula is C11H17BrO2. The van der Waals surface area contributed by atoms with Gasteiger partial charge in [-0.3, -0.25) is 0 Å². The molecule has 0 bridgehead atoms. The summed E-state index contributed by atoms with van der Waals surface area (Å²) < 4.78 is 11.5. The van der Waals surface area contributed by atoms with Crippen LogP contribution in [-0.4, -0.2) is 23.8 Å². The van der Waals surface area contributed by atoms with E-state index >= 15 is 0 Å². The van der Waals surface area contributed by atoms with Crippen molar-refractivity contribution in [3.8, 4) is 0 Å². The second-order valence-corrected chi connectivity index (χ2v) is 5.11. The molecule has 0 spiro atoms. The van der Waals surface area contributed by atoms with Gasteiger partial charge >= 0.3 is 0 Å². The Balaban J connectivity index is 1.82. The Morgan fingerprint density at radius 1 is 1.29 bits per heavy atom. The molecule has 0 N–H and O–H groups in total. The number of rotatable bonds is 2. The predicted molar refractivity (Wildman–Crippen MR) is 59.6 cm³/mol. The van der Waals surface area contributed by atoms with Crippen LogP contribution in [0.2, 0.25) is 0 Å². The lowest BCUT2D eigenvalue weighted by atomic mass is 10.1. The fourth-order valence-corrected chi connectivity index (χ4v) is 2.51. The number of ether oxygens (including phenoxy) is 2. The van der Waals surface area contributed by atoms with E-state index in [0.717, 1.165) is 25.9 Å². The molecule has 3 heteroatoms. The Bertz CT molecular complexity index is 205. The van der Waals surface area contributed by atoms with Crippen LogP contribution < -0.4 is 0 Å². The van der Waals surface area contributed by atoms with Gasteiger partial charge in [0.05, 0.1) is 10.9 Å². The van der Waals surface area contributed by atoms with Crippen molar-refractivity contribution in [3.05, 3.63) is 12.2 Å². The average molecular weight is 261 g/mol. The quantitative estimate of drug-likeness (QED) is 0.562. The van der Waals surface area contributed by atoms with Gasteiger partial charge in [0, 0.05) is 6.61 Å². The molecule has 0 aromatic carbocycles. The number of allylic oxidation sites excluding steroid dienone is 1. The van der Waals surface area contributed by atoms with Gasteiger partial charge in [-0.05, 0) is 32.1 Å². The predicted octanol–water partition coefficient (Wildman–Crippen LogP) is 3.01. The van der Waals surface area contributed by atoms with Crippen LogP contribution in [0.25, 0.3) is 0 Å². The van der Waals surface area contributed by atoms with Gasteiger partial charge in [0.2, 0.25) is 0 Å². The zero-order valence-electron chi connectivity index (χ0n) is 8.32. The monoisotopic (exact) mass is 260 g/mol. The first-order valence-corrected chi connectivity index (χ1v) is 6.35. The maximum absolute atomic E-state index is 5.89. The van der Waals surface area contributed by atoms with E-state index in [4.69, 9.17) is 9.47 Å². The molecule has 3 atom stereocenters. The molecule has 1 heterocycles. The van der Waals surface area contributed by atoms with E-state index in [1.807, 2.05) is 0 Å². The van der Waals surface area contributed by atoms with Crippen LogP contribution in [0.15, 0.2) is 12.2 Å². The van der Waals surface area contributed by atoms with E-state index in [0.29, 0.717) is 4.83 Å². The lowest BCUT2D eigenvalue weighted by Crippen LogP contribution is -2.35. The highest BCUT2D eigenvalue weighted by atomic mass is 79.9. The van der Waals surface area contributed by atoms with E-state index in [2.05, 4.69) is 28.1 Å². The van der Waals surface area contributed by atoms with Gasteiger partial charge in [0.1, 0.15) is 0 Å². The molecule has 3 unspecified atom stereocenters. The van der Waals surface area contributed by atoms with Crippen molar-refractivity contribution in [2.45, 2.75) is 49.3 Å². The second kappa shape index (κ2) is 5.29. The number of halogens is 1. The molecule has 0 amide bonds. The first-order chi connectivity index (χ1) is 6.86. The van der Waals surface area contributed by atoms with Crippen molar-refractivity contribution in [1.29, 1.82) is 0 Å². The third-order valence-electron chi connectivity index (χ3n) is 2.72. The lowest BCUT2D eigenvalue weighted by molar-refractivity contribution is -0.175. The summed E-state index contributed by atoms with van der Waals surface area (Å²) in [5.41, 5.74) is 0. The molecule has 0 aromatic heterocycles. The summed E-state index contributed by atoms with van der Waals surface area (Å²) in [7, 11) is 0. The highest BCUT2D eigenvalue weighted by Gasteiger charge is 2.26. The molecule has 14 heavy (non-hydrogen) atoms. The third kappa shape index (κ3) is 2.81. The molecule has 80 valence electrons. The smallest absolute Gasteiger partial charge is 0.170 e. The molecule has 2 aliphatic rings. The number of hydrogen-bond donors (Lipinski definition) is 0. The summed E-state index contributed by atoms with van der Waals surface area (Å²) in [6.45, 7) is 0.837. The van der Waals surface area contributed by atoms with Crippen molar-refractivity contribution in [2.75, 3.05) is 6.61 Å². The number of hydrogen-bond acceptors (Lipinski definition) is 2. The summed E-state index contributed by atoms with van der Waals surface area (Å²) in [4.78, 5) is 0.367. The summed E-state index contributed by atoms with van der Waals surface area (Å²) >= 11 is 3.61. The third-order valence-corrected chi connectivity index (χ3v) is 3.61. The highest BCUT2D eigenvalue weighted by Crippen LogP contribution is 2.25. The van der Waals surface area contributed by atoms with Crippen molar-refractivity contribution in [2.24, 2.45) is 0 Å². The molecule has 1 fully saturated rings. The fraction of sp³-hybridized carbons (Fsp3) is 0.818. The minimum absolute atomic E-state index is 0.0449. The zero-order valence-corrected chi connectivity index (χ0v) is 9.91. The Hall–Kier alpha value is 0.140. The Morgan fingerprint density at radius 2 is 2.21 bits per heavy atom. The average Bonchev–Trinajstić information content (AvgIpc) is 2.23. The molecule has 2 rings (SSSR count). The standard InChI is InChI=1S/C11H17BrO2/c12-10-7-4-8-13-11(10)14-9-5-2-1-3-6-9/h2,5,9-11H,1,3-4,6-8H2. The van der Waals surface area contributed by atoms with Gasteiger partial charge in [-0.2, -0.15) is 0 Å². The second-order valence-electron chi connectivity index (χ2n) is 3.93. The van der Waals surface area contributed by atoms with E-state index in [9.17, 15) is 0 Å². The minimum atomic E-state index is -0.0449. The molecular weight excluding hydrogens is 244 g/mol. The summed E-state index contributed by atoms with van der Waals surface area (Å²) in [6, 6.07) is 0. The van der Waals surface area contributed by atoms with E-state index in [1.165, 1.54) is 12.8 Å². The summed E-state index contributed by atoms with van der Waals surface area (Å²) in [5.74, 6) is 0. The topological polar surface area (TPSA) is 18.5 Å². The van der Waals surface area contributed by atoms with Crippen molar-refractivity contribution in [1.82, 2.24) is 0 Å². The highest BCUT2D eigenvalue weighted by molar-refractivity contribution is 9.09. The van der Waals surface area contributed by atoms with E-state index in [-0.39, 0.29) is 12.4 Å². The van der Waals surface area contributed by atoms with Crippen molar-refractivity contribution in [3.63, 3.8) is 0 Å². The maximum atomic E-state index is 5.89. The molecule has 2 nitrogen and oxygen atoms in total. The molecule has 1 aliphatic carbocycles. The van der Waals surface area contributed by atoms with Crippen LogP contribution in [-0.2, 0) is 9.47 Å². The van der Waals surface area contributed by atoms with Crippen LogP contribution in [0, 0.1) is 0 Å². The fourth-order valence-electron chi connectivity index (χ4n) is 1.91. The molecule has 0 aromatic rings. The van der Waals surface area contributed by atoms with E-state index in [1.54, 1.807) is 0 Å². The SMILES string of the molecule is BrC1CCCOC1OC1C=CCCC1. The molecule has 1 aliphatic heterocycles. The summed E-state index contributed by atoms with van der Waals surface area (Å²) in [5, 5.41) is 0. The minimum Gasteiger partial charge on any atom is -0.351 e. The number of alkyl halides is 1. The molecule has 0 saturated carbocycles. The Morgan fingerprint density at radius 3 is 2.93 bits per heavy atom. The zero-order chi connectivity index (χ0) is 9.80. The van der Waals surface area contributed by atoms with Gasteiger partial charge in [0.25, 0.3) is 0 Å². The van der Waals surface area contributed by atoms with Crippen LogP contribution in [0.3, 0.4) is 0 Å². The van der Waals surface area contributed by atoms with E-state index < -0.39 is 0 Å². The first kappa shape index (κ1) is 10.7. The summed E-state index contributed by atoms with van der Waals surface area (Å²) in [6.07, 6.45) is 10.5. The van der Waals surface area contributed by atoms with Crippen LogP contribution in [0.1, 0.15) is 32.1 Å². The van der Waals surface area contributed by atoms with Gasteiger partial charge in [-0.1, -0.05) is 28.1 Å². The van der Waals surface area contributed by atoms with Crippen molar-refractivity contribution < 1.29 is 9.47 Å². The van der Waals surface area contributed by atoms with Gasteiger partial charge in [0.15, 0.2) is 6.29 Å². The lowest BCUT2D eigenvalue weighted by Gasteiger charge is -2.31.